The molecule has 3 aromatic carbocycles. The number of unbranched alkanes of at least 4 members (excludes halogenated alkanes) is 1. The first-order chi connectivity index (χ1) is 26.8. The van der Waals surface area contributed by atoms with Crippen LogP contribution in [-0.2, 0) is 42.2 Å². The highest BCUT2D eigenvalue weighted by molar-refractivity contribution is 7.88. The van der Waals surface area contributed by atoms with Gasteiger partial charge in [0, 0.05) is 24.7 Å². The Bertz CT molecular complexity index is 1660. The zero-order valence-corrected chi connectivity index (χ0v) is 34.8. The van der Waals surface area contributed by atoms with E-state index >= 15 is 0 Å². The van der Waals surface area contributed by atoms with Gasteiger partial charge in [0.2, 0.25) is 28.1 Å². The first kappa shape index (κ1) is 51.4. The predicted molar refractivity (Wildman–Crippen MR) is 225 cm³/mol. The van der Waals surface area contributed by atoms with Crippen LogP contribution in [0.15, 0.2) is 84.9 Å². The third kappa shape index (κ3) is 25.5. The molecule has 0 radical (unpaired) electrons. The zero-order chi connectivity index (χ0) is 42.2. The van der Waals surface area contributed by atoms with Crippen LogP contribution < -0.4 is 25.8 Å². The number of methoxy groups -OCH3 is 1. The number of ether oxygens (including phenoxy) is 1. The van der Waals surface area contributed by atoms with Crippen molar-refractivity contribution in [3.05, 3.63) is 107 Å². The number of aliphatic hydroxyl groups is 1. The number of Topliss-reactive ketones (excluding diaryl/α,β-unsaturated/α-hetero) is 1. The molecule has 4 rings (SSSR count). The monoisotopic (exact) mass is 817 g/mol. The number of benzene rings is 3. The van der Waals surface area contributed by atoms with Crippen LogP contribution in [0.25, 0.3) is 6.08 Å². The Morgan fingerprint density at radius 3 is 2.09 bits per heavy atom. The second kappa shape index (κ2) is 31.6. The number of rotatable bonds is 15. The van der Waals surface area contributed by atoms with Crippen molar-refractivity contribution in [2.45, 2.75) is 65.5 Å². The molecule has 13 nitrogen and oxygen atoms in total. The van der Waals surface area contributed by atoms with Crippen molar-refractivity contribution < 1.29 is 37.4 Å². The summed E-state index contributed by atoms with van der Waals surface area (Å²) in [6.45, 7) is 7.80. The quantitative estimate of drug-likeness (QED) is 0.108. The SMILES string of the molecule is C/C=C/c1ccc(OC)cc1.CCCCN.CCNS(C)(=O)=O.O=CN1CCCC1C(=O)NCC(=O)C(=O)NCCc1ccccc1.OCc1ccc(Cl)cc1. The van der Waals surface area contributed by atoms with Crippen LogP contribution in [0, 0.1) is 0 Å². The number of hydrogen-bond acceptors (Lipinski definition) is 9. The van der Waals surface area contributed by atoms with Gasteiger partial charge in [-0.25, -0.2) is 13.1 Å². The average molecular weight is 818 g/mol. The summed E-state index contributed by atoms with van der Waals surface area (Å²) in [5, 5.41) is 14.3. The number of nitrogens with one attached hydrogen (secondary N) is 3. The Hall–Kier alpha value is -4.60. The van der Waals surface area contributed by atoms with Gasteiger partial charge < -0.3 is 31.1 Å². The fourth-order valence-corrected chi connectivity index (χ4v) is 5.24. The molecule has 0 bridgehead atoms. The molecule has 1 aliphatic rings. The molecule has 1 fully saturated rings. The third-order valence-corrected chi connectivity index (χ3v) is 8.55. The maximum Gasteiger partial charge on any atom is 0.289 e. The minimum atomic E-state index is -2.92. The van der Waals surface area contributed by atoms with Gasteiger partial charge in [-0.05, 0) is 80.1 Å². The molecule has 0 spiro atoms. The van der Waals surface area contributed by atoms with Crippen LogP contribution in [0.4, 0.5) is 0 Å². The van der Waals surface area contributed by atoms with E-state index in [9.17, 15) is 27.6 Å². The molecule has 56 heavy (non-hydrogen) atoms. The predicted octanol–water partition coefficient (Wildman–Crippen LogP) is 4.51. The van der Waals surface area contributed by atoms with E-state index in [2.05, 4.69) is 28.4 Å². The molecule has 3 amide bonds. The molecule has 1 saturated heterocycles. The lowest BCUT2D eigenvalue weighted by atomic mass is 10.1. The van der Waals surface area contributed by atoms with Gasteiger partial charge in [-0.15, -0.1) is 0 Å². The molecule has 15 heteroatoms. The standard InChI is InChI=1S/C17H21N3O4.C10H12O.C7H7ClO.C4H11N.C3H9NO2S/c21-12-20-10-4-7-14(20)16(23)19-11-15(22)17(24)18-9-8-13-5-2-1-3-6-13;1-3-4-9-5-7-10(11-2)8-6-9;8-7-3-1-6(5-9)2-4-7;1-2-3-4-5;1-3-4-7(2,5)6/h1-3,5-6,12,14H,4,7-11H2,(H,18,24)(H,19,23);3-8H,1-2H3;1-4,9H,5H2;2-5H2,1H3;4H,3H2,1-2H3/b;4-3+;;;. The van der Waals surface area contributed by atoms with Gasteiger partial charge in [0.05, 0.1) is 26.5 Å². The van der Waals surface area contributed by atoms with Gasteiger partial charge in [0.15, 0.2) is 0 Å². The zero-order valence-electron chi connectivity index (χ0n) is 33.2. The maximum atomic E-state index is 11.9. The Morgan fingerprint density at radius 2 is 1.62 bits per heavy atom. The molecule has 0 saturated carbocycles. The van der Waals surface area contributed by atoms with Gasteiger partial charge in [0.1, 0.15) is 11.8 Å². The number of ketones is 1. The summed E-state index contributed by atoms with van der Waals surface area (Å²) in [7, 11) is -1.25. The summed E-state index contributed by atoms with van der Waals surface area (Å²) in [5.74, 6) is -0.916. The highest BCUT2D eigenvalue weighted by atomic mass is 35.5. The molecule has 1 aliphatic heterocycles. The average Bonchev–Trinajstić information content (AvgIpc) is 3.68. The molecule has 310 valence electrons. The first-order valence-corrected chi connectivity index (χ1v) is 20.7. The Kier molecular flexibility index (Phi) is 29.0. The number of aliphatic hydroxyl groups excluding tert-OH is 1. The number of nitrogens with two attached hydrogens (primary N) is 1. The number of halogens is 1. The van der Waals surface area contributed by atoms with Crippen molar-refractivity contribution in [2.24, 2.45) is 5.73 Å². The first-order valence-electron chi connectivity index (χ1n) is 18.4. The molecular formula is C41H60ClN5O8S. The molecular weight excluding hydrogens is 758 g/mol. The number of hydrogen-bond donors (Lipinski definition) is 5. The van der Waals surface area contributed by atoms with E-state index in [4.69, 9.17) is 27.2 Å². The van der Waals surface area contributed by atoms with Crippen LogP contribution >= 0.6 is 11.6 Å². The molecule has 0 aromatic heterocycles. The smallest absolute Gasteiger partial charge is 0.289 e. The Balaban J connectivity index is 0.000000780. The number of sulfonamides is 1. The van der Waals surface area contributed by atoms with Gasteiger partial charge in [-0.1, -0.05) is 98.6 Å². The highest BCUT2D eigenvalue weighted by Gasteiger charge is 2.30. The minimum Gasteiger partial charge on any atom is -0.497 e. The number of amides is 3. The van der Waals surface area contributed by atoms with Crippen molar-refractivity contribution >= 4 is 51.7 Å². The van der Waals surface area contributed by atoms with E-state index in [0.717, 1.165) is 36.1 Å². The maximum absolute atomic E-state index is 11.9. The molecule has 3 aromatic rings. The van der Waals surface area contributed by atoms with Crippen molar-refractivity contribution in [3.63, 3.8) is 0 Å². The van der Waals surface area contributed by atoms with E-state index in [1.54, 1.807) is 38.3 Å². The van der Waals surface area contributed by atoms with Gasteiger partial charge >= 0.3 is 0 Å². The van der Waals surface area contributed by atoms with Gasteiger partial charge in [-0.2, -0.15) is 0 Å². The molecule has 1 atom stereocenters. The fourth-order valence-electron chi connectivity index (χ4n) is 4.59. The molecule has 1 heterocycles. The summed E-state index contributed by atoms with van der Waals surface area (Å²) in [5.41, 5.74) is 8.29. The molecule has 0 aliphatic carbocycles. The Morgan fingerprint density at radius 1 is 0.982 bits per heavy atom. The van der Waals surface area contributed by atoms with Crippen LogP contribution in [0.5, 0.6) is 5.75 Å². The third-order valence-electron chi connectivity index (χ3n) is 7.49. The van der Waals surface area contributed by atoms with E-state index < -0.39 is 33.7 Å². The lowest BCUT2D eigenvalue weighted by molar-refractivity contribution is -0.138. The summed E-state index contributed by atoms with van der Waals surface area (Å²) in [4.78, 5) is 47.6. The largest absolute Gasteiger partial charge is 0.497 e. The van der Waals surface area contributed by atoms with Crippen LogP contribution in [0.1, 0.15) is 63.1 Å². The summed E-state index contributed by atoms with van der Waals surface area (Å²) in [6.07, 6.45) is 10.2. The number of allylic oxidation sites excluding steroid dienone is 1. The van der Waals surface area contributed by atoms with Gasteiger partial charge in [-0.3, -0.25) is 19.2 Å². The van der Waals surface area contributed by atoms with Crippen LogP contribution in [-0.4, -0.2) is 94.6 Å². The second-order valence-electron chi connectivity index (χ2n) is 12.1. The normalized spacial score (nSPS) is 12.9. The highest BCUT2D eigenvalue weighted by Crippen LogP contribution is 2.15. The fraction of sp³-hybridized carbons (Fsp3) is 0.415. The minimum absolute atomic E-state index is 0.0805. The van der Waals surface area contributed by atoms with E-state index in [1.807, 2.05) is 67.6 Å². The van der Waals surface area contributed by atoms with Crippen LogP contribution in [0.3, 0.4) is 0 Å². The number of carbonyl (C=O) groups is 4. The number of nitrogens with zero attached hydrogens (tertiary/aromatic N) is 1. The van der Waals surface area contributed by atoms with Gasteiger partial charge in [0.25, 0.3) is 5.91 Å². The van der Waals surface area contributed by atoms with Crippen LogP contribution in [0.2, 0.25) is 5.02 Å². The molecule has 1 unspecified atom stereocenters. The summed E-state index contributed by atoms with van der Waals surface area (Å²) in [6, 6.07) is 24.1. The van der Waals surface area contributed by atoms with Crippen molar-refractivity contribution in [2.75, 3.05) is 46.1 Å². The number of likely N-dealkylation sites (tertiary alicyclic amines) is 1. The Labute approximate surface area is 338 Å². The molecule has 6 N–H and O–H groups in total. The summed E-state index contributed by atoms with van der Waals surface area (Å²) < 4.78 is 27.5. The summed E-state index contributed by atoms with van der Waals surface area (Å²) >= 11 is 5.59. The van der Waals surface area contributed by atoms with Crippen molar-refractivity contribution in [1.29, 1.82) is 0 Å². The number of carbonyl (C=O) groups excluding carboxylic acids is 4. The van der Waals surface area contributed by atoms with E-state index in [0.29, 0.717) is 43.9 Å². The topological polar surface area (TPSA) is 197 Å². The lowest BCUT2D eigenvalue weighted by Gasteiger charge is -2.18. The van der Waals surface area contributed by atoms with Crippen molar-refractivity contribution in [1.82, 2.24) is 20.3 Å². The van der Waals surface area contributed by atoms with Crippen molar-refractivity contribution in [3.8, 4) is 5.75 Å². The lowest BCUT2D eigenvalue weighted by Crippen LogP contribution is -2.46. The van der Waals surface area contributed by atoms with E-state index in [1.165, 1.54) is 23.3 Å². The van der Waals surface area contributed by atoms with E-state index in [-0.39, 0.29) is 13.2 Å². The second-order valence-corrected chi connectivity index (χ2v) is 14.4.